The van der Waals surface area contributed by atoms with Gasteiger partial charge in [-0.1, -0.05) is 58.9 Å². The smallest absolute Gasteiger partial charge is 0.339 e. The van der Waals surface area contributed by atoms with Crippen molar-refractivity contribution in [2.24, 2.45) is 56.7 Å². The molecule has 5 fully saturated rings. The van der Waals surface area contributed by atoms with Crippen molar-refractivity contribution in [3.8, 4) is 0 Å². The Morgan fingerprint density at radius 1 is 0.826 bits per heavy atom. The van der Waals surface area contributed by atoms with Crippen molar-refractivity contribution < 1.29 is 29.0 Å². The SMILES string of the molecule is C=C(C)[C@H]1CC[C@]2(COC(=O)c3ccccc3C(=O)O)CC[C@@]3(C)[C@H](CC[C@H]4[C@@]5(C)CC[C@H](OC(C)=O)C(C)(C)[C@@H]5CC[C@]43C)[C@H]12. The molecule has 0 radical (unpaired) electrons. The lowest BCUT2D eigenvalue weighted by atomic mass is 9.32. The maximum absolute atomic E-state index is 13.4. The number of fused-ring (bicyclic) bond motifs is 7. The third kappa shape index (κ3) is 4.73. The number of hydrogen-bond donors (Lipinski definition) is 1. The lowest BCUT2D eigenvalue weighted by Gasteiger charge is -2.73. The number of hydrogen-bond acceptors (Lipinski definition) is 5. The van der Waals surface area contributed by atoms with Gasteiger partial charge in [0, 0.05) is 17.8 Å². The minimum absolute atomic E-state index is 0.00980. The van der Waals surface area contributed by atoms with E-state index in [-0.39, 0.29) is 50.3 Å². The molecule has 5 aliphatic carbocycles. The number of carboxylic acid groups (broad SMARTS) is 1. The van der Waals surface area contributed by atoms with Gasteiger partial charge >= 0.3 is 17.9 Å². The molecule has 0 aliphatic heterocycles. The Bertz CT molecular complexity index is 1430. The van der Waals surface area contributed by atoms with Crippen LogP contribution in [-0.2, 0) is 14.3 Å². The largest absolute Gasteiger partial charge is 0.478 e. The molecule has 46 heavy (non-hydrogen) atoms. The van der Waals surface area contributed by atoms with Crippen LogP contribution in [0.5, 0.6) is 0 Å². The zero-order valence-corrected chi connectivity index (χ0v) is 29.2. The highest BCUT2D eigenvalue weighted by Gasteiger charge is 2.71. The first-order valence-electron chi connectivity index (χ1n) is 17.8. The molecular formula is C40H56O6. The van der Waals surface area contributed by atoms with E-state index in [2.05, 4.69) is 48.1 Å². The van der Waals surface area contributed by atoms with Crippen LogP contribution in [0.4, 0.5) is 0 Å². The number of allylic oxidation sites excluding steroid dienone is 1. The molecule has 0 saturated heterocycles. The van der Waals surface area contributed by atoms with E-state index in [1.807, 2.05) is 0 Å². The van der Waals surface area contributed by atoms with Gasteiger partial charge in [0.15, 0.2) is 0 Å². The lowest BCUT2D eigenvalue weighted by molar-refractivity contribution is -0.251. The van der Waals surface area contributed by atoms with Crippen LogP contribution < -0.4 is 0 Å². The summed E-state index contributed by atoms with van der Waals surface area (Å²) in [6.45, 7) is 21.1. The standard InChI is InChI=1S/C40H56O6/c1-24(2)26-15-20-40(23-45-35(44)28-12-10-9-11-27(28)34(42)43)22-21-38(7)29(33(26)40)13-14-31-37(6)18-17-32(46-25(3)41)36(4,5)30(37)16-19-39(31,38)8/h9-12,26,29-33H,1,13-23H2,2-8H3,(H,42,43)/t26-,29-,30+,31+,32+,33+,37+,38+,39-,40-/m1/s1. The number of benzene rings is 1. The predicted octanol–water partition coefficient (Wildman–Crippen LogP) is 9.13. The number of aromatic carboxylic acids is 1. The van der Waals surface area contributed by atoms with E-state index in [9.17, 15) is 19.5 Å². The minimum atomic E-state index is -1.11. The predicted molar refractivity (Wildman–Crippen MR) is 178 cm³/mol. The van der Waals surface area contributed by atoms with Gasteiger partial charge in [0.05, 0.1) is 17.7 Å². The van der Waals surface area contributed by atoms with Crippen LogP contribution in [0.25, 0.3) is 0 Å². The molecule has 0 bridgehead atoms. The molecule has 6 rings (SSSR count). The van der Waals surface area contributed by atoms with Crippen LogP contribution in [0.3, 0.4) is 0 Å². The van der Waals surface area contributed by atoms with E-state index < -0.39 is 11.9 Å². The third-order valence-electron chi connectivity index (χ3n) is 15.4. The summed E-state index contributed by atoms with van der Waals surface area (Å²) in [5.74, 6) is 0.625. The summed E-state index contributed by atoms with van der Waals surface area (Å²) >= 11 is 0. The molecule has 10 atom stereocenters. The van der Waals surface area contributed by atoms with Crippen molar-refractivity contribution in [3.05, 3.63) is 47.5 Å². The second-order valence-electron chi connectivity index (χ2n) is 17.4. The van der Waals surface area contributed by atoms with Crippen LogP contribution in [0, 0.1) is 56.7 Å². The molecule has 252 valence electrons. The van der Waals surface area contributed by atoms with Crippen LogP contribution in [-0.4, -0.2) is 35.7 Å². The molecule has 0 amide bonds. The van der Waals surface area contributed by atoms with E-state index in [0.717, 1.165) is 44.9 Å². The first kappa shape index (κ1) is 33.3. The van der Waals surface area contributed by atoms with Gasteiger partial charge in [-0.3, -0.25) is 4.79 Å². The fraction of sp³-hybridized carbons (Fsp3) is 0.725. The Morgan fingerprint density at radius 3 is 2.17 bits per heavy atom. The number of ether oxygens (including phenoxy) is 2. The molecule has 5 aliphatic rings. The van der Waals surface area contributed by atoms with Crippen molar-refractivity contribution >= 4 is 17.9 Å². The first-order chi connectivity index (χ1) is 21.5. The summed E-state index contributed by atoms with van der Waals surface area (Å²) in [5, 5.41) is 9.68. The van der Waals surface area contributed by atoms with Crippen molar-refractivity contribution in [3.63, 3.8) is 0 Å². The van der Waals surface area contributed by atoms with Gasteiger partial charge in [-0.2, -0.15) is 0 Å². The monoisotopic (exact) mass is 632 g/mol. The molecule has 6 heteroatoms. The van der Waals surface area contributed by atoms with E-state index in [4.69, 9.17) is 9.47 Å². The topological polar surface area (TPSA) is 89.9 Å². The quantitative estimate of drug-likeness (QED) is 0.249. The van der Waals surface area contributed by atoms with Gasteiger partial charge in [-0.05, 0) is 129 Å². The molecule has 0 unspecified atom stereocenters. The minimum Gasteiger partial charge on any atom is -0.478 e. The van der Waals surface area contributed by atoms with Crippen molar-refractivity contribution in [1.82, 2.24) is 0 Å². The van der Waals surface area contributed by atoms with Crippen LogP contribution in [0.2, 0.25) is 0 Å². The number of rotatable bonds is 6. The zero-order chi connectivity index (χ0) is 33.4. The van der Waals surface area contributed by atoms with Gasteiger partial charge in [-0.25, -0.2) is 9.59 Å². The molecule has 5 saturated carbocycles. The summed E-state index contributed by atoms with van der Waals surface area (Å²) < 4.78 is 12.0. The number of carbonyl (C=O) groups is 3. The first-order valence-corrected chi connectivity index (χ1v) is 17.8. The molecular weight excluding hydrogens is 576 g/mol. The number of carbonyl (C=O) groups excluding carboxylic acids is 2. The van der Waals surface area contributed by atoms with Crippen LogP contribution >= 0.6 is 0 Å². The van der Waals surface area contributed by atoms with Gasteiger partial charge < -0.3 is 14.6 Å². The maximum atomic E-state index is 13.4. The average Bonchev–Trinajstić information content (AvgIpc) is 3.38. The van der Waals surface area contributed by atoms with Crippen molar-refractivity contribution in [2.75, 3.05) is 6.61 Å². The molecule has 1 N–H and O–H groups in total. The molecule has 1 aromatic carbocycles. The molecule has 0 spiro atoms. The zero-order valence-electron chi connectivity index (χ0n) is 29.2. The summed E-state index contributed by atoms with van der Waals surface area (Å²) in [7, 11) is 0. The summed E-state index contributed by atoms with van der Waals surface area (Å²) in [6.07, 6.45) is 11.0. The van der Waals surface area contributed by atoms with E-state index in [1.54, 1.807) is 25.1 Å². The van der Waals surface area contributed by atoms with Gasteiger partial charge in [0.1, 0.15) is 6.10 Å². The van der Waals surface area contributed by atoms with Gasteiger partial charge in [0.25, 0.3) is 0 Å². The van der Waals surface area contributed by atoms with Gasteiger partial charge in [0.2, 0.25) is 0 Å². The third-order valence-corrected chi connectivity index (χ3v) is 15.4. The highest BCUT2D eigenvalue weighted by molar-refractivity contribution is 6.02. The Morgan fingerprint density at radius 2 is 1.52 bits per heavy atom. The maximum Gasteiger partial charge on any atom is 0.339 e. The summed E-state index contributed by atoms with van der Waals surface area (Å²) in [4.78, 5) is 37.2. The second-order valence-corrected chi connectivity index (χ2v) is 17.4. The van der Waals surface area contributed by atoms with Crippen LogP contribution in [0.15, 0.2) is 36.4 Å². The van der Waals surface area contributed by atoms with Crippen molar-refractivity contribution in [2.45, 2.75) is 119 Å². The fourth-order valence-corrected chi connectivity index (χ4v) is 13.1. The molecule has 0 aromatic heterocycles. The summed E-state index contributed by atoms with van der Waals surface area (Å²) in [5.41, 5.74) is 1.74. The average molecular weight is 633 g/mol. The molecule has 6 nitrogen and oxygen atoms in total. The Balaban J connectivity index is 1.30. The van der Waals surface area contributed by atoms with Crippen LogP contribution in [0.1, 0.15) is 133 Å². The van der Waals surface area contributed by atoms with E-state index >= 15 is 0 Å². The van der Waals surface area contributed by atoms with E-state index in [1.165, 1.54) is 30.9 Å². The Kier molecular flexibility index (Phi) is 8.12. The van der Waals surface area contributed by atoms with E-state index in [0.29, 0.717) is 36.2 Å². The van der Waals surface area contributed by atoms with Crippen molar-refractivity contribution in [1.29, 1.82) is 0 Å². The fourth-order valence-electron chi connectivity index (χ4n) is 13.1. The second kappa shape index (κ2) is 11.2. The number of esters is 2. The number of carboxylic acids is 1. The normalized spacial score (nSPS) is 42.4. The summed E-state index contributed by atoms with van der Waals surface area (Å²) in [6, 6.07) is 6.37. The Hall–Kier alpha value is -2.63. The lowest BCUT2D eigenvalue weighted by Crippen LogP contribution is -2.67. The molecule has 0 heterocycles. The highest BCUT2D eigenvalue weighted by Crippen LogP contribution is 2.77. The highest BCUT2D eigenvalue weighted by atomic mass is 16.5. The molecule has 1 aromatic rings. The van der Waals surface area contributed by atoms with Gasteiger partial charge in [-0.15, -0.1) is 0 Å². The Labute approximate surface area is 276 Å².